The van der Waals surface area contributed by atoms with E-state index in [9.17, 15) is 9.59 Å². The first-order valence-corrected chi connectivity index (χ1v) is 11.9. The van der Waals surface area contributed by atoms with Crippen LogP contribution in [-0.4, -0.2) is 44.2 Å². The van der Waals surface area contributed by atoms with Crippen LogP contribution in [0.15, 0.2) is 40.6 Å². The number of carbonyl (C=O) groups excluding carboxylic acids is 2. The van der Waals surface area contributed by atoms with Crippen molar-refractivity contribution in [3.8, 4) is 23.0 Å². The number of nitrogens with zero attached hydrogens (tertiary/aromatic N) is 3. The molecule has 1 atom stereocenters. The van der Waals surface area contributed by atoms with E-state index in [0.717, 1.165) is 4.42 Å². The zero-order valence-electron chi connectivity index (χ0n) is 20.3. The number of amides is 1. The quantitative estimate of drug-likeness (QED) is 0.176. The number of anilines is 1. The summed E-state index contributed by atoms with van der Waals surface area (Å²) in [7, 11) is 0. The molecule has 0 aromatic heterocycles. The van der Waals surface area contributed by atoms with Crippen LogP contribution in [0, 0.1) is 0 Å². The molecule has 2 aromatic carbocycles. The lowest BCUT2D eigenvalue weighted by Crippen LogP contribution is -2.36. The van der Waals surface area contributed by atoms with Crippen molar-refractivity contribution in [3.63, 3.8) is 0 Å². The molecule has 1 amide bonds. The van der Waals surface area contributed by atoms with Gasteiger partial charge in [-0.25, -0.2) is 4.42 Å². The van der Waals surface area contributed by atoms with Gasteiger partial charge in [-0.1, -0.05) is 11.6 Å². The molecule has 2 aromatic rings. The van der Waals surface area contributed by atoms with Gasteiger partial charge in [-0.15, -0.1) is 5.11 Å². The predicted molar refractivity (Wildman–Crippen MR) is 135 cm³/mol. The lowest BCUT2D eigenvalue weighted by molar-refractivity contribution is -0.126. The summed E-state index contributed by atoms with van der Waals surface area (Å²) >= 11 is 12.8. The second-order valence-electron chi connectivity index (χ2n) is 6.93. The van der Waals surface area contributed by atoms with Gasteiger partial charge in [0.15, 0.2) is 5.78 Å². The second-order valence-corrected chi connectivity index (χ2v) is 7.65. The highest BCUT2D eigenvalue weighted by Crippen LogP contribution is 2.42. The van der Waals surface area contributed by atoms with Crippen molar-refractivity contribution >= 4 is 46.4 Å². The van der Waals surface area contributed by atoms with E-state index in [4.69, 9.17) is 42.3 Å². The number of ketones is 1. The van der Waals surface area contributed by atoms with Crippen molar-refractivity contribution in [1.82, 2.24) is 0 Å². The Morgan fingerprint density at radius 3 is 2.03 bits per heavy atom. The van der Waals surface area contributed by atoms with Gasteiger partial charge in [0.1, 0.15) is 39.4 Å². The average Bonchev–Trinajstić information content (AvgIpc) is 2.83. The Balaban J connectivity index is 2.46. The van der Waals surface area contributed by atoms with Crippen LogP contribution in [0.1, 0.15) is 34.6 Å². The minimum absolute atomic E-state index is 0.132. The smallest absolute Gasteiger partial charge is 0.276 e. The maximum absolute atomic E-state index is 13.2. The van der Waals surface area contributed by atoms with Gasteiger partial charge in [0.05, 0.1) is 26.4 Å². The number of ether oxygens (including phenoxy) is 4. The number of benzene rings is 2. The fourth-order valence-electron chi connectivity index (χ4n) is 2.99. The number of azo groups is 1. The van der Waals surface area contributed by atoms with Gasteiger partial charge in [-0.05, 0) is 58.9 Å². The van der Waals surface area contributed by atoms with Gasteiger partial charge < -0.3 is 18.9 Å². The largest absolute Gasteiger partial charge is 0.494 e. The van der Waals surface area contributed by atoms with Gasteiger partial charge in [0.25, 0.3) is 5.91 Å². The molecule has 0 radical (unpaired) electrons. The van der Waals surface area contributed by atoms with Crippen LogP contribution in [0.2, 0.25) is 5.02 Å². The fraction of sp³-hybridized carbons (Fsp3) is 0.417. The lowest BCUT2D eigenvalue weighted by atomic mass is 10.2. The van der Waals surface area contributed by atoms with E-state index in [2.05, 4.69) is 10.2 Å². The highest BCUT2D eigenvalue weighted by atomic mass is 35.5. The summed E-state index contributed by atoms with van der Waals surface area (Å²) in [6.45, 7) is 9.92. The van der Waals surface area contributed by atoms with Gasteiger partial charge in [0.2, 0.25) is 6.04 Å². The summed E-state index contributed by atoms with van der Waals surface area (Å²) in [5, 5.41) is 8.22. The normalized spacial score (nSPS) is 11.7. The van der Waals surface area contributed by atoms with Gasteiger partial charge in [-0.2, -0.15) is 5.11 Å². The molecular weight excluding hydrogens is 497 g/mol. The SMILES string of the molecule is CCOc1ccc(OCC)c(N(Cl)C(=O)C(N=Nc2c(OCC)ccc(OCC)c2Cl)C(C)=O)c1. The van der Waals surface area contributed by atoms with E-state index in [1.54, 1.807) is 44.2 Å². The molecule has 0 aliphatic heterocycles. The second kappa shape index (κ2) is 13.7. The third kappa shape index (κ3) is 7.22. The molecule has 190 valence electrons. The maximum atomic E-state index is 13.2. The zero-order chi connectivity index (χ0) is 26.0. The number of Topliss-reactive ketones (excluding diaryl/α,β-unsaturated/α-hetero) is 1. The van der Waals surface area contributed by atoms with Crippen molar-refractivity contribution in [2.75, 3.05) is 30.8 Å². The monoisotopic (exact) mass is 525 g/mol. The van der Waals surface area contributed by atoms with E-state index in [-0.39, 0.29) is 16.4 Å². The van der Waals surface area contributed by atoms with Gasteiger partial charge >= 0.3 is 0 Å². The Morgan fingerprint density at radius 2 is 1.43 bits per heavy atom. The average molecular weight is 526 g/mol. The first kappa shape index (κ1) is 28.2. The molecule has 35 heavy (non-hydrogen) atoms. The lowest BCUT2D eigenvalue weighted by Gasteiger charge is -2.20. The molecule has 0 saturated heterocycles. The van der Waals surface area contributed by atoms with E-state index in [0.29, 0.717) is 49.4 Å². The summed E-state index contributed by atoms with van der Waals surface area (Å²) in [6, 6.07) is 6.59. The Kier molecular flexibility index (Phi) is 11.1. The molecule has 0 spiro atoms. The van der Waals surface area contributed by atoms with Crippen molar-refractivity contribution in [2.24, 2.45) is 10.2 Å². The number of carbonyl (C=O) groups is 2. The summed E-state index contributed by atoms with van der Waals surface area (Å²) in [5.41, 5.74) is 0.338. The van der Waals surface area contributed by atoms with Crippen LogP contribution in [0.25, 0.3) is 0 Å². The standard InChI is InChI=1S/C24H29Cl2N3O6/c1-6-32-16-10-11-18(33-7-2)17(14-16)29(26)24(31)22(15(5)30)27-28-23-20(35-9-4)13-12-19(21(23)25)34-8-3/h10-14,22H,6-9H2,1-5H3. The van der Waals surface area contributed by atoms with Gasteiger partial charge in [0, 0.05) is 17.8 Å². The molecule has 0 aliphatic rings. The molecule has 0 heterocycles. The fourth-order valence-corrected chi connectivity index (χ4v) is 3.46. The first-order chi connectivity index (χ1) is 16.8. The van der Waals surface area contributed by atoms with E-state index < -0.39 is 17.7 Å². The zero-order valence-corrected chi connectivity index (χ0v) is 21.9. The molecule has 9 nitrogen and oxygen atoms in total. The minimum atomic E-state index is -1.54. The van der Waals surface area contributed by atoms with Crippen LogP contribution in [0.3, 0.4) is 0 Å². The number of halogens is 2. The molecule has 0 bridgehead atoms. The van der Waals surface area contributed by atoms with Crippen LogP contribution >= 0.6 is 23.4 Å². The van der Waals surface area contributed by atoms with Crippen molar-refractivity contribution in [2.45, 2.75) is 40.7 Å². The minimum Gasteiger partial charge on any atom is -0.494 e. The molecule has 2 rings (SSSR count). The Morgan fingerprint density at radius 1 is 0.886 bits per heavy atom. The summed E-state index contributed by atoms with van der Waals surface area (Å²) < 4.78 is 22.9. The molecule has 0 saturated carbocycles. The van der Waals surface area contributed by atoms with Crippen LogP contribution in [0.4, 0.5) is 11.4 Å². The summed E-state index contributed by atoms with van der Waals surface area (Å²) in [6.07, 6.45) is 0. The maximum Gasteiger partial charge on any atom is 0.276 e. The molecule has 0 N–H and O–H groups in total. The number of hydrogen-bond acceptors (Lipinski definition) is 8. The predicted octanol–water partition coefficient (Wildman–Crippen LogP) is 6.16. The Hall–Kier alpha value is -3.04. The topological polar surface area (TPSA) is 99.0 Å². The Bertz CT molecular complexity index is 1060. The number of hydrogen-bond donors (Lipinski definition) is 0. The van der Waals surface area contributed by atoms with Crippen LogP contribution in [-0.2, 0) is 9.59 Å². The van der Waals surface area contributed by atoms with E-state index in [1.807, 2.05) is 13.8 Å². The highest BCUT2D eigenvalue weighted by molar-refractivity contribution is 6.39. The highest BCUT2D eigenvalue weighted by Gasteiger charge is 2.31. The van der Waals surface area contributed by atoms with Gasteiger partial charge in [-0.3, -0.25) is 9.59 Å². The molecule has 11 heteroatoms. The third-order valence-corrected chi connectivity index (χ3v) is 5.20. The molecule has 0 fully saturated rings. The van der Waals surface area contributed by atoms with E-state index >= 15 is 0 Å². The van der Waals surface area contributed by atoms with Crippen molar-refractivity contribution in [1.29, 1.82) is 0 Å². The molecule has 0 aliphatic carbocycles. The summed E-state index contributed by atoms with van der Waals surface area (Å²) in [4.78, 5) is 25.6. The van der Waals surface area contributed by atoms with Crippen LogP contribution < -0.4 is 23.4 Å². The van der Waals surface area contributed by atoms with Crippen molar-refractivity contribution in [3.05, 3.63) is 35.4 Å². The third-order valence-electron chi connectivity index (χ3n) is 4.48. The number of rotatable bonds is 13. The van der Waals surface area contributed by atoms with Crippen LogP contribution in [0.5, 0.6) is 23.0 Å². The summed E-state index contributed by atoms with van der Waals surface area (Å²) in [5.74, 6) is 0.109. The molecule has 1 unspecified atom stereocenters. The Labute approximate surface area is 215 Å². The van der Waals surface area contributed by atoms with Crippen molar-refractivity contribution < 1.29 is 28.5 Å². The van der Waals surface area contributed by atoms with E-state index in [1.165, 1.54) is 6.92 Å². The molecular formula is C24H29Cl2N3O6. The first-order valence-electron chi connectivity index (χ1n) is 11.2.